The molecule has 1 unspecified atom stereocenters. The first kappa shape index (κ1) is 15.6. The van der Waals surface area contributed by atoms with Gasteiger partial charge in [-0.15, -0.1) is 0 Å². The molecule has 0 amide bonds. The Bertz CT molecular complexity index is 705. The fourth-order valence-corrected chi connectivity index (χ4v) is 2.92. The molecule has 1 aromatic rings. The summed E-state index contributed by atoms with van der Waals surface area (Å²) in [5.74, 6) is -0.660. The summed E-state index contributed by atoms with van der Waals surface area (Å²) in [7, 11) is -7.56. The number of hydrogen-bond donors (Lipinski definition) is 2. The van der Waals surface area contributed by atoms with Gasteiger partial charge in [0.15, 0.2) is 5.75 Å². The van der Waals surface area contributed by atoms with Crippen molar-refractivity contribution in [2.75, 3.05) is 5.75 Å². The van der Waals surface area contributed by atoms with Crippen molar-refractivity contribution in [1.82, 2.24) is 4.72 Å². The molecule has 0 aliphatic heterocycles. The molecule has 9 heteroatoms. The van der Waals surface area contributed by atoms with Crippen LogP contribution in [0.25, 0.3) is 0 Å². The van der Waals surface area contributed by atoms with Crippen LogP contribution in [0, 0.1) is 11.3 Å². The van der Waals surface area contributed by atoms with Gasteiger partial charge in [-0.1, -0.05) is 12.1 Å². The molecule has 1 aromatic carbocycles. The van der Waals surface area contributed by atoms with Crippen LogP contribution in [0.2, 0.25) is 0 Å². The standard InChI is InChI=1S/C10H13N3O4S2/c1-8(13-18(14,15)6-5-11)9-3-2-4-10(7-9)19(12,16)17/h2-4,7-8,13H,6H2,1H3,(H2,12,16,17). The Morgan fingerprint density at radius 1 is 1.37 bits per heavy atom. The zero-order valence-electron chi connectivity index (χ0n) is 10.1. The summed E-state index contributed by atoms with van der Waals surface area (Å²) in [6.45, 7) is 1.54. The van der Waals surface area contributed by atoms with Gasteiger partial charge in [0.2, 0.25) is 20.0 Å². The molecule has 0 fully saturated rings. The topological polar surface area (TPSA) is 130 Å². The van der Waals surface area contributed by atoms with Crippen molar-refractivity contribution in [3.05, 3.63) is 29.8 Å². The minimum absolute atomic E-state index is 0.101. The van der Waals surface area contributed by atoms with Crippen LogP contribution < -0.4 is 9.86 Å². The van der Waals surface area contributed by atoms with E-state index in [1.165, 1.54) is 31.2 Å². The monoisotopic (exact) mass is 303 g/mol. The number of sulfonamides is 2. The Balaban J connectivity index is 3.03. The second-order valence-corrected chi connectivity index (χ2v) is 7.19. The van der Waals surface area contributed by atoms with Gasteiger partial charge in [0, 0.05) is 6.04 Å². The molecule has 0 aliphatic carbocycles. The van der Waals surface area contributed by atoms with Crippen molar-refractivity contribution < 1.29 is 16.8 Å². The molecule has 0 bridgehead atoms. The number of benzene rings is 1. The van der Waals surface area contributed by atoms with E-state index in [0.717, 1.165) is 0 Å². The predicted octanol–water partition coefficient (Wildman–Crippen LogP) is -0.162. The molecule has 1 atom stereocenters. The fourth-order valence-electron chi connectivity index (χ4n) is 1.42. The highest BCUT2D eigenvalue weighted by Crippen LogP contribution is 2.17. The van der Waals surface area contributed by atoms with E-state index in [2.05, 4.69) is 4.72 Å². The van der Waals surface area contributed by atoms with E-state index in [1.54, 1.807) is 6.07 Å². The summed E-state index contributed by atoms with van der Waals surface area (Å²) in [6.07, 6.45) is 0. The number of nitrogens with one attached hydrogen (secondary N) is 1. The van der Waals surface area contributed by atoms with E-state index in [1.807, 2.05) is 0 Å². The minimum atomic E-state index is -3.84. The van der Waals surface area contributed by atoms with Crippen molar-refractivity contribution in [1.29, 1.82) is 5.26 Å². The maximum atomic E-state index is 11.4. The molecule has 0 aliphatic rings. The molecule has 104 valence electrons. The molecule has 0 radical (unpaired) electrons. The number of nitrogens with two attached hydrogens (primary N) is 1. The van der Waals surface area contributed by atoms with Crippen LogP contribution in [-0.2, 0) is 20.0 Å². The van der Waals surface area contributed by atoms with Gasteiger partial charge < -0.3 is 0 Å². The first-order chi connectivity index (χ1) is 8.65. The number of nitriles is 1. The highest BCUT2D eigenvalue weighted by atomic mass is 32.2. The van der Waals surface area contributed by atoms with Gasteiger partial charge in [-0.3, -0.25) is 0 Å². The highest BCUT2D eigenvalue weighted by Gasteiger charge is 2.17. The Labute approximate surface area is 112 Å². The van der Waals surface area contributed by atoms with Gasteiger partial charge in [-0.05, 0) is 24.6 Å². The van der Waals surface area contributed by atoms with Gasteiger partial charge in [0.1, 0.15) is 0 Å². The second-order valence-electron chi connectivity index (χ2n) is 3.87. The van der Waals surface area contributed by atoms with Gasteiger partial charge in [0.05, 0.1) is 11.0 Å². The van der Waals surface area contributed by atoms with E-state index >= 15 is 0 Å². The highest BCUT2D eigenvalue weighted by molar-refractivity contribution is 7.89. The summed E-state index contributed by atoms with van der Waals surface area (Å²) >= 11 is 0. The molecular formula is C10H13N3O4S2. The Kier molecular flexibility index (Phi) is 4.65. The summed E-state index contributed by atoms with van der Waals surface area (Å²) in [4.78, 5) is -0.101. The van der Waals surface area contributed by atoms with Gasteiger partial charge in [-0.2, -0.15) is 5.26 Å². The van der Waals surface area contributed by atoms with E-state index in [4.69, 9.17) is 10.4 Å². The van der Waals surface area contributed by atoms with Crippen molar-refractivity contribution in [3.8, 4) is 6.07 Å². The Morgan fingerprint density at radius 3 is 2.53 bits per heavy atom. The van der Waals surface area contributed by atoms with Crippen molar-refractivity contribution in [2.45, 2.75) is 17.9 Å². The lowest BCUT2D eigenvalue weighted by atomic mass is 10.1. The number of hydrogen-bond acceptors (Lipinski definition) is 5. The molecule has 0 heterocycles. The first-order valence-electron chi connectivity index (χ1n) is 5.15. The number of primary sulfonamides is 1. The fraction of sp³-hybridized carbons (Fsp3) is 0.300. The van der Waals surface area contributed by atoms with Crippen LogP contribution in [0.15, 0.2) is 29.2 Å². The van der Waals surface area contributed by atoms with Gasteiger partial charge >= 0.3 is 0 Å². The predicted molar refractivity (Wildman–Crippen MR) is 68.8 cm³/mol. The summed E-state index contributed by atoms with van der Waals surface area (Å²) in [5.41, 5.74) is 0.438. The van der Waals surface area contributed by atoms with Crippen LogP contribution in [0.1, 0.15) is 18.5 Å². The third kappa shape index (κ3) is 4.60. The van der Waals surface area contributed by atoms with Crippen LogP contribution in [0.4, 0.5) is 0 Å². The molecule has 0 spiro atoms. The van der Waals surface area contributed by atoms with E-state index in [9.17, 15) is 16.8 Å². The van der Waals surface area contributed by atoms with Crippen LogP contribution in [-0.4, -0.2) is 22.6 Å². The van der Waals surface area contributed by atoms with Crippen molar-refractivity contribution >= 4 is 20.0 Å². The second kappa shape index (κ2) is 5.66. The lowest BCUT2D eigenvalue weighted by molar-refractivity contribution is 0.570. The molecule has 7 nitrogen and oxygen atoms in total. The summed E-state index contributed by atoms with van der Waals surface area (Å²) in [6, 6.07) is 6.50. The van der Waals surface area contributed by atoms with E-state index in [-0.39, 0.29) is 4.90 Å². The van der Waals surface area contributed by atoms with Crippen LogP contribution >= 0.6 is 0 Å². The molecule has 3 N–H and O–H groups in total. The minimum Gasteiger partial charge on any atom is -0.225 e. The molecule has 0 saturated heterocycles. The maximum absolute atomic E-state index is 11.4. The third-order valence-corrected chi connectivity index (χ3v) is 4.43. The zero-order valence-corrected chi connectivity index (χ0v) is 11.7. The Hall–Kier alpha value is -1.47. The van der Waals surface area contributed by atoms with Crippen LogP contribution in [0.3, 0.4) is 0 Å². The largest absolute Gasteiger partial charge is 0.238 e. The smallest absolute Gasteiger partial charge is 0.225 e. The summed E-state index contributed by atoms with van der Waals surface area (Å²) < 4.78 is 47.5. The average molecular weight is 303 g/mol. The summed E-state index contributed by atoms with van der Waals surface area (Å²) in [5, 5.41) is 13.4. The zero-order chi connectivity index (χ0) is 14.7. The molecule has 19 heavy (non-hydrogen) atoms. The van der Waals surface area contributed by atoms with Gasteiger partial charge in [-0.25, -0.2) is 26.7 Å². The lowest BCUT2D eigenvalue weighted by Crippen LogP contribution is -2.28. The number of nitrogens with zero attached hydrogens (tertiary/aromatic N) is 1. The van der Waals surface area contributed by atoms with E-state index in [0.29, 0.717) is 5.56 Å². The quantitative estimate of drug-likeness (QED) is 0.780. The SMILES string of the molecule is CC(NS(=O)(=O)CC#N)c1cccc(S(N)(=O)=O)c1. The molecule has 0 saturated carbocycles. The number of rotatable bonds is 5. The van der Waals surface area contributed by atoms with Crippen molar-refractivity contribution in [2.24, 2.45) is 5.14 Å². The molecule has 0 aromatic heterocycles. The lowest BCUT2D eigenvalue weighted by Gasteiger charge is -2.13. The normalized spacial score (nSPS) is 13.7. The van der Waals surface area contributed by atoms with Crippen molar-refractivity contribution in [3.63, 3.8) is 0 Å². The Morgan fingerprint density at radius 2 is 2.00 bits per heavy atom. The van der Waals surface area contributed by atoms with Crippen LogP contribution in [0.5, 0.6) is 0 Å². The third-order valence-electron chi connectivity index (χ3n) is 2.30. The maximum Gasteiger partial charge on any atom is 0.238 e. The van der Waals surface area contributed by atoms with E-state index < -0.39 is 31.8 Å². The first-order valence-corrected chi connectivity index (χ1v) is 8.35. The average Bonchev–Trinajstić information content (AvgIpc) is 2.27. The molecule has 1 rings (SSSR count). The van der Waals surface area contributed by atoms with Gasteiger partial charge in [0.25, 0.3) is 0 Å². The molecular weight excluding hydrogens is 290 g/mol.